The second-order valence-electron chi connectivity index (χ2n) is 6.21. The maximum atomic E-state index is 12.5. The summed E-state index contributed by atoms with van der Waals surface area (Å²) < 4.78 is 0. The van der Waals surface area contributed by atoms with E-state index < -0.39 is 4.92 Å². The summed E-state index contributed by atoms with van der Waals surface area (Å²) in [6, 6.07) is 3.90. The number of nitrogens with zero attached hydrogens (tertiary/aromatic N) is 2. The lowest BCUT2D eigenvalue weighted by Crippen LogP contribution is -2.42. The molecule has 1 aromatic rings. The fraction of sp³-hybridized carbons (Fsp3) is 0.467. The summed E-state index contributed by atoms with van der Waals surface area (Å²) >= 11 is 0. The maximum Gasteiger partial charge on any atom is 0.270 e. The van der Waals surface area contributed by atoms with Crippen molar-refractivity contribution in [1.82, 2.24) is 4.90 Å². The number of benzene rings is 1. The van der Waals surface area contributed by atoms with Crippen LogP contribution in [0.15, 0.2) is 18.2 Å². The molecule has 6 nitrogen and oxygen atoms in total. The zero-order chi connectivity index (χ0) is 14.7. The zero-order valence-corrected chi connectivity index (χ0v) is 11.3. The molecular weight excluding hydrogens is 272 g/mol. The third-order valence-electron chi connectivity index (χ3n) is 5.14. The van der Waals surface area contributed by atoms with Gasteiger partial charge in [0, 0.05) is 18.2 Å². The van der Waals surface area contributed by atoms with Crippen LogP contribution in [-0.4, -0.2) is 27.7 Å². The summed E-state index contributed by atoms with van der Waals surface area (Å²) in [5.74, 6) is 0.379. The molecule has 4 rings (SSSR count). The van der Waals surface area contributed by atoms with Crippen molar-refractivity contribution < 1.29 is 14.5 Å². The number of hydrogen-bond acceptors (Lipinski definition) is 4. The number of hydrogen-bond donors (Lipinski definition) is 0. The molecule has 0 unspecified atom stereocenters. The molecule has 0 aromatic heterocycles. The minimum absolute atomic E-state index is 0.0183. The molecule has 21 heavy (non-hydrogen) atoms. The Bertz CT molecular complexity index is 684. The Hall–Kier alpha value is -2.24. The van der Waals surface area contributed by atoms with Gasteiger partial charge in [-0.2, -0.15) is 0 Å². The molecule has 1 aliphatic heterocycles. The summed E-state index contributed by atoms with van der Waals surface area (Å²) in [5.41, 5.74) is 0.329. The van der Waals surface area contributed by atoms with E-state index in [1.54, 1.807) is 0 Å². The van der Waals surface area contributed by atoms with Crippen LogP contribution in [-0.2, 0) is 0 Å². The van der Waals surface area contributed by atoms with Crippen LogP contribution in [0.1, 0.15) is 46.4 Å². The number of carbonyl (C=O) groups is 2. The summed E-state index contributed by atoms with van der Waals surface area (Å²) in [4.78, 5) is 36.7. The van der Waals surface area contributed by atoms with Crippen molar-refractivity contribution >= 4 is 17.5 Å². The molecule has 3 aliphatic rings. The minimum Gasteiger partial charge on any atom is -0.271 e. The van der Waals surface area contributed by atoms with Gasteiger partial charge in [-0.3, -0.25) is 24.6 Å². The van der Waals surface area contributed by atoms with Gasteiger partial charge in [0.05, 0.1) is 16.1 Å². The van der Waals surface area contributed by atoms with E-state index in [4.69, 9.17) is 0 Å². The first-order valence-corrected chi connectivity index (χ1v) is 7.22. The van der Waals surface area contributed by atoms with E-state index in [2.05, 4.69) is 0 Å². The van der Waals surface area contributed by atoms with Gasteiger partial charge in [0.2, 0.25) is 0 Å². The second-order valence-corrected chi connectivity index (χ2v) is 6.21. The highest BCUT2D eigenvalue weighted by atomic mass is 16.6. The van der Waals surface area contributed by atoms with E-state index in [0.29, 0.717) is 17.4 Å². The van der Waals surface area contributed by atoms with Crippen molar-refractivity contribution in [3.8, 4) is 0 Å². The smallest absolute Gasteiger partial charge is 0.270 e. The number of fused-ring (bicyclic) bond motifs is 3. The van der Waals surface area contributed by atoms with E-state index >= 15 is 0 Å². The van der Waals surface area contributed by atoms with Crippen LogP contribution in [0.4, 0.5) is 5.69 Å². The fourth-order valence-electron chi connectivity index (χ4n) is 4.19. The second kappa shape index (κ2) is 4.13. The molecule has 0 saturated heterocycles. The lowest BCUT2D eigenvalue weighted by molar-refractivity contribution is -0.384. The van der Waals surface area contributed by atoms with Crippen molar-refractivity contribution in [2.24, 2.45) is 11.8 Å². The number of imide groups is 1. The average Bonchev–Trinajstić information content (AvgIpc) is 3.14. The van der Waals surface area contributed by atoms with Crippen molar-refractivity contribution in [3.63, 3.8) is 0 Å². The molecule has 3 atom stereocenters. The molecule has 0 N–H and O–H groups in total. The van der Waals surface area contributed by atoms with Crippen molar-refractivity contribution in [3.05, 3.63) is 39.4 Å². The third kappa shape index (κ3) is 1.65. The number of nitro benzene ring substituents is 1. The first-order valence-electron chi connectivity index (χ1n) is 7.22. The molecule has 108 valence electrons. The predicted molar refractivity (Wildman–Crippen MR) is 72.8 cm³/mol. The lowest BCUT2D eigenvalue weighted by atomic mass is 9.94. The van der Waals surface area contributed by atoms with Crippen LogP contribution in [0.5, 0.6) is 0 Å². The summed E-state index contributed by atoms with van der Waals surface area (Å²) in [7, 11) is 0. The van der Waals surface area contributed by atoms with Gasteiger partial charge in [-0.25, -0.2) is 0 Å². The van der Waals surface area contributed by atoms with Crippen molar-refractivity contribution in [2.75, 3.05) is 0 Å². The quantitative estimate of drug-likeness (QED) is 0.475. The fourth-order valence-corrected chi connectivity index (χ4v) is 4.19. The monoisotopic (exact) mass is 286 g/mol. The Morgan fingerprint density at radius 2 is 1.86 bits per heavy atom. The number of nitro groups is 1. The third-order valence-corrected chi connectivity index (χ3v) is 5.14. The number of amides is 2. The Kier molecular flexibility index (Phi) is 2.46. The molecule has 0 spiro atoms. The van der Waals surface area contributed by atoms with E-state index in [1.165, 1.54) is 29.5 Å². The standard InChI is InChI=1S/C15H14N2O4/c18-14-11-4-3-10(17(20)21)7-12(11)15(19)16(14)13-6-8-1-2-9(13)5-8/h3-4,7-9,13H,1-2,5-6H2/t8-,9-,13+/m0/s1. The molecule has 1 heterocycles. The Morgan fingerprint density at radius 1 is 1.10 bits per heavy atom. The van der Waals surface area contributed by atoms with Gasteiger partial charge in [-0.05, 0) is 37.2 Å². The summed E-state index contributed by atoms with van der Waals surface area (Å²) in [5, 5.41) is 10.8. The van der Waals surface area contributed by atoms with Crippen LogP contribution in [0.3, 0.4) is 0 Å². The summed E-state index contributed by atoms with van der Waals surface area (Å²) in [6.07, 6.45) is 4.25. The van der Waals surface area contributed by atoms with Crippen molar-refractivity contribution in [2.45, 2.75) is 31.7 Å². The average molecular weight is 286 g/mol. The SMILES string of the molecule is O=C1c2ccc([N+](=O)[O-])cc2C(=O)N1[C@@H]1C[C@H]2CC[C@H]1C2. The van der Waals surface area contributed by atoms with Crippen LogP contribution in [0.25, 0.3) is 0 Å². The Balaban J connectivity index is 1.72. The number of carbonyl (C=O) groups excluding carboxylic acids is 2. The number of rotatable bonds is 2. The van der Waals surface area contributed by atoms with E-state index in [-0.39, 0.29) is 29.1 Å². The lowest BCUT2D eigenvalue weighted by Gasteiger charge is -2.29. The predicted octanol–water partition coefficient (Wildman–Crippen LogP) is 2.38. The first kappa shape index (κ1) is 12.5. The van der Waals surface area contributed by atoms with Gasteiger partial charge in [-0.1, -0.05) is 6.42 Å². The maximum absolute atomic E-state index is 12.5. The van der Waals surface area contributed by atoms with E-state index in [0.717, 1.165) is 19.3 Å². The molecule has 0 radical (unpaired) electrons. The molecule has 2 saturated carbocycles. The number of non-ortho nitro benzene ring substituents is 1. The largest absolute Gasteiger partial charge is 0.271 e. The van der Waals surface area contributed by atoms with Crippen LogP contribution in [0, 0.1) is 22.0 Å². The van der Waals surface area contributed by atoms with Crippen LogP contribution in [0.2, 0.25) is 0 Å². The summed E-state index contributed by atoms with van der Waals surface area (Å²) in [6.45, 7) is 0. The van der Waals surface area contributed by atoms with Crippen LogP contribution >= 0.6 is 0 Å². The minimum atomic E-state index is -0.543. The molecule has 6 heteroatoms. The highest BCUT2D eigenvalue weighted by Gasteiger charge is 2.49. The van der Waals surface area contributed by atoms with Gasteiger partial charge in [0.25, 0.3) is 17.5 Å². The van der Waals surface area contributed by atoms with Crippen LogP contribution < -0.4 is 0 Å². The van der Waals surface area contributed by atoms with Gasteiger partial charge >= 0.3 is 0 Å². The molecule has 1 aromatic carbocycles. The highest BCUT2D eigenvalue weighted by Crippen LogP contribution is 2.48. The molecule has 2 bridgehead atoms. The van der Waals surface area contributed by atoms with Gasteiger partial charge in [0.1, 0.15) is 0 Å². The topological polar surface area (TPSA) is 80.5 Å². The van der Waals surface area contributed by atoms with E-state index in [9.17, 15) is 19.7 Å². The van der Waals surface area contributed by atoms with Gasteiger partial charge < -0.3 is 0 Å². The Labute approximate surface area is 120 Å². The molecule has 2 fully saturated rings. The van der Waals surface area contributed by atoms with Crippen molar-refractivity contribution in [1.29, 1.82) is 0 Å². The van der Waals surface area contributed by atoms with Gasteiger partial charge in [0.15, 0.2) is 0 Å². The first-order chi connectivity index (χ1) is 10.1. The molecular formula is C15H14N2O4. The normalized spacial score (nSPS) is 30.1. The van der Waals surface area contributed by atoms with E-state index in [1.807, 2.05) is 0 Å². The zero-order valence-electron chi connectivity index (χ0n) is 11.3. The Morgan fingerprint density at radius 3 is 2.48 bits per heavy atom. The molecule has 2 amide bonds. The molecule has 2 aliphatic carbocycles. The van der Waals surface area contributed by atoms with Gasteiger partial charge in [-0.15, -0.1) is 0 Å². The highest BCUT2D eigenvalue weighted by molar-refractivity contribution is 6.21.